The van der Waals surface area contributed by atoms with E-state index in [4.69, 9.17) is 27.2 Å². The Bertz CT molecular complexity index is 607. The maximum Gasteiger partial charge on any atom is 0.407 e. The summed E-state index contributed by atoms with van der Waals surface area (Å²) in [7, 11) is 0. The monoisotopic (exact) mass is 355 g/mol. The van der Waals surface area contributed by atoms with Crippen LogP contribution in [-0.4, -0.2) is 29.8 Å². The molecule has 1 atom stereocenters. The van der Waals surface area contributed by atoms with Gasteiger partial charge in [0.15, 0.2) is 0 Å². The molecule has 9 nitrogen and oxygen atoms in total. The Hall–Kier alpha value is -2.48. The first-order valence-corrected chi connectivity index (χ1v) is 7.59. The van der Waals surface area contributed by atoms with Crippen LogP contribution in [0.3, 0.4) is 0 Å². The van der Waals surface area contributed by atoms with Gasteiger partial charge in [-0.2, -0.15) is 0 Å². The number of nitrogens with zero attached hydrogens (tertiary/aromatic N) is 3. The number of alkyl carbamates (subject to hydrolysis) is 1. The number of carboxylic acid groups (broad SMARTS) is 1. The van der Waals surface area contributed by atoms with Gasteiger partial charge in [-0.15, -0.1) is 0 Å². The van der Waals surface area contributed by atoms with E-state index in [2.05, 4.69) is 20.2 Å². The second-order valence-corrected chi connectivity index (χ2v) is 5.03. The van der Waals surface area contributed by atoms with Crippen LogP contribution in [0, 0.1) is 0 Å². The molecule has 0 aliphatic heterocycles. The van der Waals surface area contributed by atoms with Gasteiger partial charge in [0.1, 0.15) is 12.6 Å². The minimum atomic E-state index is -1.02. The third-order valence-corrected chi connectivity index (χ3v) is 3.38. The summed E-state index contributed by atoms with van der Waals surface area (Å²) in [5, 5.41) is 14.9. The van der Waals surface area contributed by atoms with Gasteiger partial charge in [0.25, 0.3) is 0 Å². The van der Waals surface area contributed by atoms with Gasteiger partial charge in [-0.1, -0.05) is 29.4 Å². The Morgan fingerprint density at radius 3 is 2.79 bits per heavy atom. The van der Waals surface area contributed by atoms with Gasteiger partial charge in [0, 0.05) is 17.1 Å². The number of unbranched alkanes of at least 4 members (excludes halogenated alkanes) is 1. The Kier molecular flexibility index (Phi) is 9.06. The van der Waals surface area contributed by atoms with Crippen LogP contribution in [0.15, 0.2) is 29.4 Å². The van der Waals surface area contributed by atoms with Crippen molar-refractivity contribution in [3.05, 3.63) is 40.3 Å². The zero-order valence-corrected chi connectivity index (χ0v) is 13.6. The van der Waals surface area contributed by atoms with E-state index in [1.54, 1.807) is 24.3 Å². The predicted molar refractivity (Wildman–Crippen MR) is 87.7 cm³/mol. The first kappa shape index (κ1) is 19.6. The van der Waals surface area contributed by atoms with Crippen LogP contribution in [0.4, 0.5) is 10.5 Å². The number of azide groups is 1. The molecule has 1 aromatic carbocycles. The molecule has 0 fully saturated rings. The Morgan fingerprint density at radius 2 is 2.12 bits per heavy atom. The SMILES string of the molecule is [N-]=[N+]=Nc1ccccc1COC(=O)NCCCC[C@H](NCl)C(=O)O. The number of carbonyl (C=O) groups is 2. The van der Waals surface area contributed by atoms with E-state index in [0.29, 0.717) is 37.1 Å². The number of hydrogen-bond acceptors (Lipinski definition) is 5. The van der Waals surface area contributed by atoms with Gasteiger partial charge in [-0.25, -0.2) is 9.63 Å². The molecule has 0 bridgehead atoms. The molecule has 0 unspecified atom stereocenters. The van der Waals surface area contributed by atoms with Gasteiger partial charge >= 0.3 is 12.1 Å². The van der Waals surface area contributed by atoms with E-state index in [9.17, 15) is 9.59 Å². The molecule has 0 saturated heterocycles. The summed E-state index contributed by atoms with van der Waals surface area (Å²) in [6, 6.07) is 5.98. The number of rotatable bonds is 10. The fourth-order valence-electron chi connectivity index (χ4n) is 1.86. The highest BCUT2D eigenvalue weighted by atomic mass is 35.5. The van der Waals surface area contributed by atoms with Crippen molar-refractivity contribution in [1.82, 2.24) is 10.2 Å². The van der Waals surface area contributed by atoms with E-state index in [0.717, 1.165) is 0 Å². The molecular formula is C14H18ClN5O4. The number of amides is 1. The third kappa shape index (κ3) is 7.19. The molecule has 3 N–H and O–H groups in total. The summed E-state index contributed by atoms with van der Waals surface area (Å²) < 4.78 is 5.04. The van der Waals surface area contributed by atoms with Crippen LogP contribution in [0.5, 0.6) is 0 Å². The van der Waals surface area contributed by atoms with Crippen LogP contribution in [-0.2, 0) is 16.1 Å². The van der Waals surface area contributed by atoms with E-state index in [1.165, 1.54) is 0 Å². The molecule has 0 aliphatic rings. The van der Waals surface area contributed by atoms with Crippen molar-refractivity contribution in [2.45, 2.75) is 31.9 Å². The van der Waals surface area contributed by atoms with Crippen LogP contribution in [0.2, 0.25) is 0 Å². The van der Waals surface area contributed by atoms with Crippen LogP contribution in [0.1, 0.15) is 24.8 Å². The summed E-state index contributed by atoms with van der Waals surface area (Å²) in [6.45, 7) is 0.337. The molecule has 0 aliphatic carbocycles. The van der Waals surface area contributed by atoms with Crippen LogP contribution in [0.25, 0.3) is 10.4 Å². The quantitative estimate of drug-likeness (QED) is 0.194. The number of benzene rings is 1. The number of ether oxygens (including phenoxy) is 1. The zero-order valence-electron chi connectivity index (χ0n) is 12.8. The highest BCUT2D eigenvalue weighted by molar-refractivity contribution is 6.14. The van der Waals surface area contributed by atoms with Gasteiger partial charge in [0.2, 0.25) is 0 Å². The van der Waals surface area contributed by atoms with E-state index in [1.807, 2.05) is 0 Å². The summed E-state index contributed by atoms with van der Waals surface area (Å²) in [6.07, 6.45) is 0.925. The first-order valence-electron chi connectivity index (χ1n) is 7.21. The van der Waals surface area contributed by atoms with Gasteiger partial charge in [-0.3, -0.25) is 4.79 Å². The fraction of sp³-hybridized carbons (Fsp3) is 0.429. The second kappa shape index (κ2) is 11.1. The molecule has 0 saturated carbocycles. The smallest absolute Gasteiger partial charge is 0.407 e. The Balaban J connectivity index is 2.26. The number of aliphatic carboxylic acids is 1. The molecule has 1 amide bonds. The fourth-order valence-corrected chi connectivity index (χ4v) is 2.06. The largest absolute Gasteiger partial charge is 0.480 e. The lowest BCUT2D eigenvalue weighted by atomic mass is 10.1. The van der Waals surface area contributed by atoms with Crippen molar-refractivity contribution >= 4 is 29.5 Å². The van der Waals surface area contributed by atoms with Crippen molar-refractivity contribution < 1.29 is 19.4 Å². The Labute approximate surface area is 143 Å². The summed E-state index contributed by atoms with van der Waals surface area (Å²) in [4.78, 5) is 27.2. The summed E-state index contributed by atoms with van der Waals surface area (Å²) in [5.74, 6) is -1.02. The molecule has 130 valence electrons. The molecule has 0 heterocycles. The van der Waals surface area contributed by atoms with E-state index in [-0.39, 0.29) is 6.61 Å². The standard InChI is InChI=1S/C14H18ClN5O4/c15-18-12(13(21)22)7-3-4-8-17-14(23)24-9-10-5-1-2-6-11(10)19-20-16/h1-2,5-6,12,18H,3-4,7-9H2,(H,17,23)(H,21,22)/t12-/m0/s1. The number of carboxylic acids is 1. The minimum absolute atomic E-state index is 0.0156. The molecule has 0 spiro atoms. The Morgan fingerprint density at radius 1 is 1.38 bits per heavy atom. The van der Waals surface area contributed by atoms with E-state index >= 15 is 0 Å². The van der Waals surface area contributed by atoms with Crippen molar-refractivity contribution in [3.8, 4) is 0 Å². The lowest BCUT2D eigenvalue weighted by molar-refractivity contribution is -0.139. The third-order valence-electron chi connectivity index (χ3n) is 3.12. The van der Waals surface area contributed by atoms with Crippen molar-refractivity contribution in [2.24, 2.45) is 5.11 Å². The highest BCUT2D eigenvalue weighted by Gasteiger charge is 2.14. The van der Waals surface area contributed by atoms with Crippen LogP contribution >= 0.6 is 11.8 Å². The second-order valence-electron chi connectivity index (χ2n) is 4.82. The van der Waals surface area contributed by atoms with Gasteiger partial charge in [-0.05, 0) is 42.1 Å². The average molecular weight is 356 g/mol. The maximum atomic E-state index is 11.6. The molecular weight excluding hydrogens is 338 g/mol. The average Bonchev–Trinajstić information content (AvgIpc) is 2.57. The topological polar surface area (TPSA) is 136 Å². The molecule has 10 heteroatoms. The summed E-state index contributed by atoms with van der Waals surface area (Å²) in [5.41, 5.74) is 9.47. The van der Waals surface area contributed by atoms with Gasteiger partial charge in [0.05, 0.1) is 0 Å². The number of halogens is 1. The van der Waals surface area contributed by atoms with Crippen molar-refractivity contribution in [1.29, 1.82) is 0 Å². The lowest BCUT2D eigenvalue weighted by Gasteiger charge is -2.10. The summed E-state index contributed by atoms with van der Waals surface area (Å²) >= 11 is 5.31. The predicted octanol–water partition coefficient (Wildman–Crippen LogP) is 3.22. The molecule has 1 aromatic rings. The van der Waals surface area contributed by atoms with E-state index < -0.39 is 18.1 Å². The van der Waals surface area contributed by atoms with Gasteiger partial charge < -0.3 is 15.2 Å². The normalized spacial score (nSPS) is 11.2. The highest BCUT2D eigenvalue weighted by Crippen LogP contribution is 2.19. The maximum absolute atomic E-state index is 11.6. The molecule has 0 radical (unpaired) electrons. The number of nitrogens with one attached hydrogen (secondary N) is 2. The lowest BCUT2D eigenvalue weighted by Crippen LogP contribution is -2.31. The minimum Gasteiger partial charge on any atom is -0.480 e. The first-order chi connectivity index (χ1) is 11.6. The van der Waals surface area contributed by atoms with Crippen molar-refractivity contribution in [3.63, 3.8) is 0 Å². The van der Waals surface area contributed by atoms with Crippen molar-refractivity contribution in [2.75, 3.05) is 6.54 Å². The number of carbonyl (C=O) groups excluding carboxylic acids is 1. The van der Waals surface area contributed by atoms with Crippen LogP contribution < -0.4 is 10.2 Å². The molecule has 24 heavy (non-hydrogen) atoms. The number of hydrogen-bond donors (Lipinski definition) is 3. The zero-order chi connectivity index (χ0) is 17.8. The molecule has 1 rings (SSSR count). The molecule has 0 aromatic heterocycles.